The number of anilines is 1. The molecule has 0 unspecified atom stereocenters. The SMILES string of the molecule is CC(C)(C)[Si](C)(C)OCc1ccccc1N1C(=O)[C@@H](N=[N+]=[N-])[C@H]1C=Cc1ccccc1. The first-order valence-electron chi connectivity index (χ1n) is 10.5. The summed E-state index contributed by atoms with van der Waals surface area (Å²) in [5, 5.41) is 3.84. The summed E-state index contributed by atoms with van der Waals surface area (Å²) >= 11 is 0. The molecule has 31 heavy (non-hydrogen) atoms. The Hall–Kier alpha value is -2.86. The first kappa shape index (κ1) is 22.8. The molecule has 0 radical (unpaired) electrons. The molecule has 7 heteroatoms. The molecule has 0 N–H and O–H groups in total. The number of nitrogens with zero attached hydrogens (tertiary/aromatic N) is 4. The summed E-state index contributed by atoms with van der Waals surface area (Å²) < 4.78 is 6.41. The van der Waals surface area contributed by atoms with Crippen LogP contribution < -0.4 is 4.90 Å². The quantitative estimate of drug-likeness (QED) is 0.168. The van der Waals surface area contributed by atoms with Crippen molar-refractivity contribution in [2.75, 3.05) is 4.90 Å². The number of para-hydroxylation sites is 1. The number of β-lactam (4-membered cyclic amide) rings is 1. The predicted octanol–water partition coefficient (Wildman–Crippen LogP) is 6.32. The van der Waals surface area contributed by atoms with Crippen molar-refractivity contribution >= 4 is 26.0 Å². The summed E-state index contributed by atoms with van der Waals surface area (Å²) in [5.41, 5.74) is 11.7. The molecule has 1 heterocycles. The van der Waals surface area contributed by atoms with E-state index in [0.29, 0.717) is 6.61 Å². The number of rotatable bonds is 7. The molecule has 2 aromatic rings. The normalized spacial score (nSPS) is 19.3. The number of hydrogen-bond donors (Lipinski definition) is 0. The molecule has 0 saturated carbocycles. The number of carbonyl (C=O) groups excluding carboxylic acids is 1. The van der Waals surface area contributed by atoms with Gasteiger partial charge in [0.1, 0.15) is 6.04 Å². The first-order valence-corrected chi connectivity index (χ1v) is 13.4. The van der Waals surface area contributed by atoms with Crippen molar-refractivity contribution in [3.63, 3.8) is 0 Å². The molecule has 0 aliphatic carbocycles. The van der Waals surface area contributed by atoms with Gasteiger partial charge in [-0.3, -0.25) is 4.79 Å². The van der Waals surface area contributed by atoms with Crippen LogP contribution in [-0.4, -0.2) is 26.3 Å². The molecule has 3 rings (SSSR count). The van der Waals surface area contributed by atoms with Crippen LogP contribution >= 0.6 is 0 Å². The number of carbonyl (C=O) groups is 1. The molecule has 162 valence electrons. The standard InChI is InChI=1S/C24H30N4O2Si/c1-24(2,3)31(4,5)30-17-19-13-9-10-14-20(19)28-21(22(23(28)29)26-27-25)16-15-18-11-7-6-8-12-18/h6-16,21-22H,17H2,1-5H3/t21-,22+/m1/s1. The highest BCUT2D eigenvalue weighted by Gasteiger charge is 2.47. The zero-order chi connectivity index (χ0) is 22.6. The average Bonchev–Trinajstić information content (AvgIpc) is 2.73. The Labute approximate surface area is 185 Å². The van der Waals surface area contributed by atoms with E-state index in [2.05, 4.69) is 43.9 Å². The second kappa shape index (κ2) is 9.10. The van der Waals surface area contributed by atoms with Crippen LogP contribution in [0.2, 0.25) is 18.1 Å². The van der Waals surface area contributed by atoms with E-state index in [9.17, 15) is 4.79 Å². The van der Waals surface area contributed by atoms with E-state index in [4.69, 9.17) is 9.96 Å². The molecular formula is C24H30N4O2Si. The molecule has 1 fully saturated rings. The van der Waals surface area contributed by atoms with Crippen molar-refractivity contribution in [1.29, 1.82) is 0 Å². The molecule has 0 spiro atoms. The Morgan fingerprint density at radius 3 is 2.42 bits per heavy atom. The van der Waals surface area contributed by atoms with Crippen LogP contribution in [0.25, 0.3) is 16.5 Å². The van der Waals surface area contributed by atoms with Gasteiger partial charge in [-0.2, -0.15) is 0 Å². The maximum Gasteiger partial charge on any atom is 0.239 e. The lowest BCUT2D eigenvalue weighted by Crippen LogP contribution is -2.63. The number of hydrogen-bond acceptors (Lipinski definition) is 3. The van der Waals surface area contributed by atoms with Crippen molar-refractivity contribution < 1.29 is 9.22 Å². The van der Waals surface area contributed by atoms with E-state index >= 15 is 0 Å². The number of amides is 1. The third kappa shape index (κ3) is 4.90. The average molecular weight is 435 g/mol. The summed E-state index contributed by atoms with van der Waals surface area (Å²) in [6.45, 7) is 11.5. The van der Waals surface area contributed by atoms with E-state index in [-0.39, 0.29) is 17.0 Å². The van der Waals surface area contributed by atoms with Gasteiger partial charge in [-0.1, -0.05) is 86.6 Å². The lowest BCUT2D eigenvalue weighted by atomic mass is 9.92. The Morgan fingerprint density at radius 2 is 1.77 bits per heavy atom. The number of benzene rings is 2. The fourth-order valence-corrected chi connectivity index (χ4v) is 4.20. The minimum atomic E-state index is -1.94. The van der Waals surface area contributed by atoms with Crippen LogP contribution in [0.1, 0.15) is 31.9 Å². The van der Waals surface area contributed by atoms with Crippen molar-refractivity contribution in [3.05, 3.63) is 82.2 Å². The second-order valence-corrected chi connectivity index (χ2v) is 14.1. The predicted molar refractivity (Wildman–Crippen MR) is 128 cm³/mol. The second-order valence-electron chi connectivity index (χ2n) is 9.30. The Bertz CT molecular complexity index is 1010. The van der Waals surface area contributed by atoms with Crippen molar-refractivity contribution in [1.82, 2.24) is 0 Å². The monoisotopic (exact) mass is 434 g/mol. The number of azide groups is 1. The van der Waals surface area contributed by atoms with Gasteiger partial charge in [0.15, 0.2) is 8.32 Å². The highest BCUT2D eigenvalue weighted by molar-refractivity contribution is 6.74. The fourth-order valence-electron chi connectivity index (χ4n) is 3.25. The molecule has 2 atom stereocenters. The molecule has 1 amide bonds. The van der Waals surface area contributed by atoms with Crippen LogP contribution in [0.3, 0.4) is 0 Å². The van der Waals surface area contributed by atoms with E-state index in [1.165, 1.54) is 0 Å². The Kier molecular flexibility index (Phi) is 6.70. The zero-order valence-electron chi connectivity index (χ0n) is 18.8. The van der Waals surface area contributed by atoms with E-state index < -0.39 is 14.4 Å². The lowest BCUT2D eigenvalue weighted by Gasteiger charge is -2.44. The summed E-state index contributed by atoms with van der Waals surface area (Å²) in [7, 11) is -1.94. The van der Waals surface area contributed by atoms with Gasteiger partial charge < -0.3 is 9.33 Å². The summed E-state index contributed by atoms with van der Waals surface area (Å²) in [5.74, 6) is -0.194. The smallest absolute Gasteiger partial charge is 0.239 e. The Morgan fingerprint density at radius 1 is 1.13 bits per heavy atom. The highest BCUT2D eigenvalue weighted by Crippen LogP contribution is 2.39. The van der Waals surface area contributed by atoms with Gasteiger partial charge >= 0.3 is 0 Å². The molecule has 1 aliphatic heterocycles. The minimum absolute atomic E-state index is 0.0993. The van der Waals surface area contributed by atoms with Crippen molar-refractivity contribution in [3.8, 4) is 0 Å². The van der Waals surface area contributed by atoms with Gasteiger partial charge in [0.25, 0.3) is 0 Å². The van der Waals surface area contributed by atoms with Crippen LogP contribution in [-0.2, 0) is 15.8 Å². The van der Waals surface area contributed by atoms with Gasteiger partial charge in [-0.15, -0.1) is 0 Å². The summed E-state index contributed by atoms with van der Waals surface area (Å²) in [6, 6.07) is 16.6. The molecule has 1 aliphatic rings. The van der Waals surface area contributed by atoms with Gasteiger partial charge in [-0.05, 0) is 35.3 Å². The van der Waals surface area contributed by atoms with Crippen LogP contribution in [0.15, 0.2) is 65.8 Å². The van der Waals surface area contributed by atoms with E-state index in [1.807, 2.05) is 66.7 Å². The van der Waals surface area contributed by atoms with Gasteiger partial charge in [0.05, 0.1) is 12.6 Å². The third-order valence-corrected chi connectivity index (χ3v) is 10.7. The molecule has 6 nitrogen and oxygen atoms in total. The van der Waals surface area contributed by atoms with Crippen molar-refractivity contribution in [2.45, 2.75) is 57.6 Å². The summed E-state index contributed by atoms with van der Waals surface area (Å²) in [4.78, 5) is 17.5. The summed E-state index contributed by atoms with van der Waals surface area (Å²) in [6.07, 6.45) is 3.89. The minimum Gasteiger partial charge on any atom is -0.412 e. The molecule has 0 bridgehead atoms. The first-order chi connectivity index (χ1) is 14.7. The molecule has 0 aromatic heterocycles. The Balaban J connectivity index is 1.89. The molecular weight excluding hydrogens is 404 g/mol. The third-order valence-electron chi connectivity index (χ3n) is 6.22. The zero-order valence-corrected chi connectivity index (χ0v) is 19.8. The van der Waals surface area contributed by atoms with Crippen LogP contribution in [0.4, 0.5) is 5.69 Å². The molecule has 2 aromatic carbocycles. The van der Waals surface area contributed by atoms with Gasteiger partial charge in [-0.25, -0.2) is 0 Å². The maximum absolute atomic E-state index is 12.9. The molecule has 1 saturated heterocycles. The topological polar surface area (TPSA) is 78.3 Å². The van der Waals surface area contributed by atoms with Gasteiger partial charge in [0.2, 0.25) is 5.91 Å². The van der Waals surface area contributed by atoms with Gasteiger partial charge in [0, 0.05) is 16.2 Å². The van der Waals surface area contributed by atoms with Crippen LogP contribution in [0.5, 0.6) is 0 Å². The highest BCUT2D eigenvalue weighted by atomic mass is 28.4. The van der Waals surface area contributed by atoms with E-state index in [0.717, 1.165) is 16.8 Å². The lowest BCUT2D eigenvalue weighted by molar-refractivity contribution is -0.125. The maximum atomic E-state index is 12.9. The fraction of sp³-hybridized carbons (Fsp3) is 0.375. The van der Waals surface area contributed by atoms with Crippen molar-refractivity contribution in [2.24, 2.45) is 5.11 Å². The largest absolute Gasteiger partial charge is 0.412 e. The van der Waals surface area contributed by atoms with E-state index in [1.54, 1.807) is 4.90 Å². The van der Waals surface area contributed by atoms with Crippen LogP contribution in [0, 0.1) is 0 Å².